The van der Waals surface area contributed by atoms with Gasteiger partial charge in [-0.1, -0.05) is 72.8 Å². The fraction of sp³-hybridized carbons (Fsp3) is 0.219. The number of alkyl carbamates (subject to hydrolysis) is 1. The second kappa shape index (κ2) is 15.5. The predicted molar refractivity (Wildman–Crippen MR) is 159 cm³/mol. The quantitative estimate of drug-likeness (QED) is 0.128. The van der Waals surface area contributed by atoms with Crippen molar-refractivity contribution < 1.29 is 34.1 Å². The Morgan fingerprint density at radius 1 is 0.705 bits per heavy atom. The lowest BCUT2D eigenvalue weighted by Crippen LogP contribution is -2.57. The van der Waals surface area contributed by atoms with E-state index in [4.69, 9.17) is 4.74 Å². The zero-order valence-corrected chi connectivity index (χ0v) is 23.7. The van der Waals surface area contributed by atoms with Crippen LogP contribution in [0.15, 0.2) is 97.5 Å². The van der Waals surface area contributed by atoms with Gasteiger partial charge >= 0.3 is 12.1 Å². The summed E-state index contributed by atoms with van der Waals surface area (Å²) in [6.45, 7) is -0.0122. The number of aliphatic carboxylic acids is 1. The maximum atomic E-state index is 13.6. The molecular weight excluding hydrogens is 566 g/mol. The number of carbonyl (C=O) groups is 4. The SMILES string of the molecule is O=C(N[C@@H](Cc1cnc[nH]1)C(=O)N[C@@H](Cc1ccccc1)C(=O)N[C@@H](Cc1ccc(O)cc1)C(=O)O)OCc1ccccc1. The number of nitrogens with zero attached hydrogens (tertiary/aromatic N) is 1. The number of hydrogen-bond acceptors (Lipinski definition) is 7. The van der Waals surface area contributed by atoms with E-state index in [1.165, 1.54) is 24.7 Å². The molecule has 4 aromatic rings. The minimum absolute atomic E-state index is 0.0122. The lowest BCUT2D eigenvalue weighted by atomic mass is 10.0. The van der Waals surface area contributed by atoms with Crippen LogP contribution in [0, 0.1) is 0 Å². The molecule has 1 aromatic heterocycles. The number of aromatic nitrogens is 2. The lowest BCUT2D eigenvalue weighted by Gasteiger charge is -2.24. The number of nitrogens with one attached hydrogen (secondary N) is 4. The number of H-pyrrole nitrogens is 1. The Bertz CT molecular complexity index is 1510. The molecule has 4 rings (SSSR count). The molecule has 0 aliphatic heterocycles. The maximum absolute atomic E-state index is 13.6. The lowest BCUT2D eigenvalue weighted by molar-refractivity contribution is -0.142. The van der Waals surface area contributed by atoms with Crippen molar-refractivity contribution in [2.24, 2.45) is 0 Å². The van der Waals surface area contributed by atoms with Gasteiger partial charge in [-0.05, 0) is 28.8 Å². The molecular formula is C32H33N5O7. The van der Waals surface area contributed by atoms with Crippen LogP contribution in [0.2, 0.25) is 0 Å². The zero-order chi connectivity index (χ0) is 31.3. The van der Waals surface area contributed by atoms with Gasteiger partial charge in [0.15, 0.2) is 0 Å². The van der Waals surface area contributed by atoms with Crippen LogP contribution in [0.4, 0.5) is 4.79 Å². The molecule has 0 unspecified atom stereocenters. The summed E-state index contributed by atoms with van der Waals surface area (Å²) < 4.78 is 5.30. The van der Waals surface area contributed by atoms with Crippen molar-refractivity contribution in [1.82, 2.24) is 25.9 Å². The molecule has 12 heteroatoms. The van der Waals surface area contributed by atoms with Crippen LogP contribution in [0.25, 0.3) is 0 Å². The number of amides is 3. The van der Waals surface area contributed by atoms with Crippen molar-refractivity contribution in [3.8, 4) is 5.75 Å². The van der Waals surface area contributed by atoms with Crippen molar-refractivity contribution in [2.75, 3.05) is 0 Å². The Balaban J connectivity index is 1.49. The number of rotatable bonds is 14. The Labute approximate surface area is 253 Å². The van der Waals surface area contributed by atoms with E-state index >= 15 is 0 Å². The third-order valence-electron chi connectivity index (χ3n) is 6.71. The van der Waals surface area contributed by atoms with Crippen molar-refractivity contribution >= 4 is 23.9 Å². The highest BCUT2D eigenvalue weighted by molar-refractivity contribution is 5.93. The van der Waals surface area contributed by atoms with Gasteiger partial charge in [-0.15, -0.1) is 0 Å². The van der Waals surface area contributed by atoms with Crippen molar-refractivity contribution in [2.45, 2.75) is 44.0 Å². The Kier molecular flexibility index (Phi) is 11.1. The third kappa shape index (κ3) is 9.72. The van der Waals surface area contributed by atoms with Gasteiger partial charge in [0.1, 0.15) is 30.5 Å². The molecule has 44 heavy (non-hydrogen) atoms. The number of ether oxygens (including phenoxy) is 1. The molecule has 0 aliphatic carbocycles. The van der Waals surface area contributed by atoms with Crippen LogP contribution in [-0.2, 0) is 45.0 Å². The summed E-state index contributed by atoms with van der Waals surface area (Å²) in [6, 6.07) is 20.3. The molecule has 3 amide bonds. The van der Waals surface area contributed by atoms with E-state index in [9.17, 15) is 29.4 Å². The number of phenols is 1. The summed E-state index contributed by atoms with van der Waals surface area (Å²) in [5.74, 6) is -2.65. The summed E-state index contributed by atoms with van der Waals surface area (Å²) in [5, 5.41) is 27.2. The van der Waals surface area contributed by atoms with Gasteiger partial charge < -0.3 is 35.9 Å². The maximum Gasteiger partial charge on any atom is 0.408 e. The predicted octanol–water partition coefficient (Wildman–Crippen LogP) is 2.49. The van der Waals surface area contributed by atoms with E-state index in [0.717, 1.165) is 11.1 Å². The first-order chi connectivity index (χ1) is 21.3. The highest BCUT2D eigenvalue weighted by Crippen LogP contribution is 2.12. The number of aromatic amines is 1. The fourth-order valence-electron chi connectivity index (χ4n) is 4.40. The summed E-state index contributed by atoms with van der Waals surface area (Å²) in [4.78, 5) is 58.7. The van der Waals surface area contributed by atoms with E-state index in [2.05, 4.69) is 25.9 Å². The third-order valence-corrected chi connectivity index (χ3v) is 6.71. The van der Waals surface area contributed by atoms with Gasteiger partial charge in [-0.3, -0.25) is 9.59 Å². The number of aromatic hydroxyl groups is 1. The average molecular weight is 600 g/mol. The highest BCUT2D eigenvalue weighted by Gasteiger charge is 2.30. The van der Waals surface area contributed by atoms with Gasteiger partial charge in [0.2, 0.25) is 11.8 Å². The smallest absolute Gasteiger partial charge is 0.408 e. The van der Waals surface area contributed by atoms with Crippen LogP contribution in [0.5, 0.6) is 5.75 Å². The first-order valence-corrected chi connectivity index (χ1v) is 13.9. The molecule has 228 valence electrons. The van der Waals surface area contributed by atoms with Crippen LogP contribution in [0.1, 0.15) is 22.4 Å². The second-order valence-corrected chi connectivity index (χ2v) is 10.1. The second-order valence-electron chi connectivity index (χ2n) is 10.1. The van der Waals surface area contributed by atoms with E-state index in [1.54, 1.807) is 54.6 Å². The summed E-state index contributed by atoms with van der Waals surface area (Å²) >= 11 is 0. The Morgan fingerprint density at radius 2 is 1.25 bits per heavy atom. The van der Waals surface area contributed by atoms with Crippen molar-refractivity contribution in [1.29, 1.82) is 0 Å². The van der Waals surface area contributed by atoms with Crippen LogP contribution in [-0.4, -0.2) is 62.2 Å². The minimum Gasteiger partial charge on any atom is -0.508 e. The monoisotopic (exact) mass is 599 g/mol. The number of hydrogen-bond donors (Lipinski definition) is 6. The summed E-state index contributed by atoms with van der Waals surface area (Å²) in [7, 11) is 0. The minimum atomic E-state index is -1.31. The Hall–Kier alpha value is -5.65. The van der Waals surface area contributed by atoms with Gasteiger partial charge in [-0.25, -0.2) is 14.6 Å². The standard InChI is InChI=1S/C32H33N5O7/c38-25-13-11-22(12-14-25)16-28(31(41)42)36-29(39)26(15-21-7-3-1-4-8-21)35-30(40)27(17-24-18-33-20-34-24)37-32(43)44-19-23-9-5-2-6-10-23/h1-14,18,20,26-28,38H,15-17,19H2,(H,33,34)(H,35,40)(H,36,39)(H,37,43)(H,41,42)/t26-,27-,28-/m0/s1. The van der Waals surface area contributed by atoms with Crippen LogP contribution < -0.4 is 16.0 Å². The number of carboxylic acid groups (broad SMARTS) is 1. The van der Waals surface area contributed by atoms with Crippen molar-refractivity contribution in [3.05, 3.63) is 120 Å². The van der Waals surface area contributed by atoms with E-state index in [1.807, 2.05) is 18.2 Å². The Morgan fingerprint density at radius 3 is 1.84 bits per heavy atom. The molecule has 0 bridgehead atoms. The van der Waals surface area contributed by atoms with Gasteiger partial charge in [0.05, 0.1) is 6.33 Å². The molecule has 0 aliphatic rings. The number of carbonyl (C=O) groups excluding carboxylic acids is 3. The molecule has 12 nitrogen and oxygen atoms in total. The molecule has 3 atom stereocenters. The largest absolute Gasteiger partial charge is 0.508 e. The van der Waals surface area contributed by atoms with E-state index in [0.29, 0.717) is 11.3 Å². The van der Waals surface area contributed by atoms with E-state index in [-0.39, 0.29) is 31.6 Å². The van der Waals surface area contributed by atoms with Gasteiger partial charge in [0.25, 0.3) is 0 Å². The molecule has 0 spiro atoms. The number of benzene rings is 3. The molecule has 3 aromatic carbocycles. The van der Waals surface area contributed by atoms with Gasteiger partial charge in [0, 0.05) is 31.2 Å². The topological polar surface area (TPSA) is 183 Å². The van der Waals surface area contributed by atoms with Crippen LogP contribution in [0.3, 0.4) is 0 Å². The van der Waals surface area contributed by atoms with Crippen molar-refractivity contribution in [3.63, 3.8) is 0 Å². The first-order valence-electron chi connectivity index (χ1n) is 13.9. The number of imidazole rings is 1. The van der Waals surface area contributed by atoms with Crippen LogP contribution >= 0.6 is 0 Å². The number of carboxylic acids is 1. The molecule has 0 radical (unpaired) electrons. The summed E-state index contributed by atoms with van der Waals surface area (Å²) in [6.07, 6.45) is 2.13. The highest BCUT2D eigenvalue weighted by atomic mass is 16.5. The summed E-state index contributed by atoms with van der Waals surface area (Å²) in [5.41, 5.74) is 2.62. The van der Waals surface area contributed by atoms with Gasteiger partial charge in [-0.2, -0.15) is 0 Å². The zero-order valence-electron chi connectivity index (χ0n) is 23.7. The normalized spacial score (nSPS) is 12.7. The van der Waals surface area contributed by atoms with E-state index < -0.39 is 42.0 Å². The molecule has 0 saturated heterocycles. The average Bonchev–Trinajstić information content (AvgIpc) is 3.54. The molecule has 0 fully saturated rings. The first kappa shape index (κ1) is 31.3. The number of phenolic OH excluding ortho intramolecular Hbond substituents is 1. The molecule has 1 heterocycles. The molecule has 6 N–H and O–H groups in total. The fourth-order valence-corrected chi connectivity index (χ4v) is 4.40. The molecule has 0 saturated carbocycles.